The summed E-state index contributed by atoms with van der Waals surface area (Å²) < 4.78 is 18.0. The molecule has 6 nitrogen and oxygen atoms in total. The summed E-state index contributed by atoms with van der Waals surface area (Å²) in [6.07, 6.45) is -6.27. The van der Waals surface area contributed by atoms with E-state index in [-0.39, 0.29) is 0 Å². The van der Waals surface area contributed by atoms with Gasteiger partial charge in [0.1, 0.15) is 18.2 Å². The highest BCUT2D eigenvalue weighted by Gasteiger charge is 2.45. The second kappa shape index (κ2) is 4.84. The molecule has 1 fully saturated rings. The molecule has 4 N–H and O–H groups in total. The number of ether oxygens (including phenoxy) is 1. The van der Waals surface area contributed by atoms with Crippen molar-refractivity contribution in [1.82, 2.24) is 5.32 Å². The first-order valence-corrected chi connectivity index (χ1v) is 4.51. The monoisotopic (exact) mass is 223 g/mol. The average Bonchev–Trinajstić information content (AvgIpc) is 2.18. The lowest BCUT2D eigenvalue weighted by molar-refractivity contribution is -0.240. The highest BCUT2D eigenvalue weighted by Crippen LogP contribution is 2.22. The fourth-order valence-corrected chi connectivity index (χ4v) is 1.46. The zero-order chi connectivity index (χ0) is 11.6. The third-order valence-electron chi connectivity index (χ3n) is 2.22. The van der Waals surface area contributed by atoms with Gasteiger partial charge in [-0.25, -0.2) is 4.39 Å². The molecule has 1 aliphatic rings. The molecule has 0 aromatic rings. The summed E-state index contributed by atoms with van der Waals surface area (Å²) in [5.41, 5.74) is 0. The number of carbonyl (C=O) groups excluding carboxylic acids is 1. The Morgan fingerprint density at radius 3 is 2.60 bits per heavy atom. The highest BCUT2D eigenvalue weighted by molar-refractivity contribution is 5.73. The first-order chi connectivity index (χ1) is 6.97. The highest BCUT2D eigenvalue weighted by atomic mass is 19.1. The molecule has 0 radical (unpaired) electrons. The quantitative estimate of drug-likeness (QED) is 0.430. The summed E-state index contributed by atoms with van der Waals surface area (Å²) in [6.45, 7) is 0.521. The zero-order valence-corrected chi connectivity index (χ0v) is 8.13. The van der Waals surface area contributed by atoms with Crippen LogP contribution in [0.1, 0.15) is 6.92 Å². The molecule has 2 unspecified atom stereocenters. The average molecular weight is 223 g/mol. The molecule has 1 saturated heterocycles. The van der Waals surface area contributed by atoms with Crippen molar-refractivity contribution in [2.75, 3.05) is 6.61 Å². The van der Waals surface area contributed by atoms with Gasteiger partial charge in [-0.3, -0.25) is 4.79 Å². The van der Waals surface area contributed by atoms with Crippen molar-refractivity contribution in [1.29, 1.82) is 0 Å². The summed E-state index contributed by atoms with van der Waals surface area (Å²) in [5, 5.41) is 29.6. The number of amides is 1. The minimum Gasteiger partial charge on any atom is -0.394 e. The van der Waals surface area contributed by atoms with Gasteiger partial charge in [0.15, 0.2) is 12.5 Å². The molecule has 15 heavy (non-hydrogen) atoms. The molecular weight excluding hydrogens is 209 g/mol. The number of hydrogen-bond acceptors (Lipinski definition) is 5. The van der Waals surface area contributed by atoms with Crippen molar-refractivity contribution in [2.45, 2.75) is 37.6 Å². The minimum absolute atomic E-state index is 0.517. The van der Waals surface area contributed by atoms with Crippen LogP contribution in [0.5, 0.6) is 0 Å². The SMILES string of the molecule is CC(=O)N[C@H]1C(O)OC(CO)[C@@H](F)[C@@H]1O. The van der Waals surface area contributed by atoms with Crippen LogP contribution in [0.3, 0.4) is 0 Å². The summed E-state index contributed by atoms with van der Waals surface area (Å²) >= 11 is 0. The lowest BCUT2D eigenvalue weighted by Gasteiger charge is -2.38. The van der Waals surface area contributed by atoms with Gasteiger partial charge in [0.05, 0.1) is 6.61 Å². The van der Waals surface area contributed by atoms with Crippen LogP contribution in [0.2, 0.25) is 0 Å². The van der Waals surface area contributed by atoms with E-state index in [0.717, 1.165) is 0 Å². The van der Waals surface area contributed by atoms with E-state index >= 15 is 0 Å². The van der Waals surface area contributed by atoms with E-state index in [9.17, 15) is 19.4 Å². The lowest BCUT2D eigenvalue weighted by Crippen LogP contribution is -2.62. The molecule has 5 atom stereocenters. The Labute approximate surface area is 85.7 Å². The van der Waals surface area contributed by atoms with Crippen LogP contribution < -0.4 is 5.32 Å². The van der Waals surface area contributed by atoms with Crippen molar-refractivity contribution in [3.05, 3.63) is 0 Å². The van der Waals surface area contributed by atoms with E-state index in [2.05, 4.69) is 10.1 Å². The molecule has 1 amide bonds. The van der Waals surface area contributed by atoms with E-state index < -0.39 is 43.2 Å². The molecular formula is C8H14FNO5. The lowest BCUT2D eigenvalue weighted by atomic mass is 9.98. The third-order valence-corrected chi connectivity index (χ3v) is 2.22. The number of aliphatic hydroxyl groups is 3. The van der Waals surface area contributed by atoms with Crippen molar-refractivity contribution in [2.24, 2.45) is 0 Å². The maximum atomic E-state index is 13.3. The van der Waals surface area contributed by atoms with Gasteiger partial charge in [0.25, 0.3) is 0 Å². The van der Waals surface area contributed by atoms with Gasteiger partial charge in [-0.1, -0.05) is 0 Å². The summed E-state index contributed by atoms with van der Waals surface area (Å²) in [5.74, 6) is -0.517. The van der Waals surface area contributed by atoms with Crippen molar-refractivity contribution >= 4 is 5.91 Å². The Kier molecular flexibility index (Phi) is 3.97. The fourth-order valence-electron chi connectivity index (χ4n) is 1.46. The zero-order valence-electron chi connectivity index (χ0n) is 8.13. The third kappa shape index (κ3) is 2.63. The molecule has 1 aliphatic heterocycles. The topological polar surface area (TPSA) is 99.0 Å². The van der Waals surface area contributed by atoms with E-state index in [1.807, 2.05) is 0 Å². The standard InChI is InChI=1S/C8H14FNO5/c1-3(12)10-6-7(13)5(9)4(2-11)15-8(6)14/h4-8,11,13-14H,2H2,1H3,(H,10,12)/t4?,5-,6-,7+,8?/m1/s1. The molecule has 1 heterocycles. The number of nitrogens with one attached hydrogen (secondary N) is 1. The Morgan fingerprint density at radius 2 is 2.13 bits per heavy atom. The van der Waals surface area contributed by atoms with Gasteiger partial charge < -0.3 is 25.4 Å². The van der Waals surface area contributed by atoms with Crippen molar-refractivity contribution < 1.29 is 29.2 Å². The molecule has 0 aromatic carbocycles. The largest absolute Gasteiger partial charge is 0.394 e. The first kappa shape index (κ1) is 12.3. The van der Waals surface area contributed by atoms with Crippen LogP contribution in [-0.2, 0) is 9.53 Å². The first-order valence-electron chi connectivity index (χ1n) is 4.51. The number of aliphatic hydroxyl groups excluding tert-OH is 3. The number of halogens is 1. The van der Waals surface area contributed by atoms with E-state index in [4.69, 9.17) is 5.11 Å². The maximum Gasteiger partial charge on any atom is 0.217 e. The number of rotatable bonds is 2. The van der Waals surface area contributed by atoms with Crippen molar-refractivity contribution in [3.63, 3.8) is 0 Å². The predicted octanol–water partition coefficient (Wildman–Crippen LogP) is -2.10. The van der Waals surface area contributed by atoms with Gasteiger partial charge in [0.2, 0.25) is 5.91 Å². The van der Waals surface area contributed by atoms with Crippen LogP contribution in [0.15, 0.2) is 0 Å². The van der Waals surface area contributed by atoms with Gasteiger partial charge in [-0.2, -0.15) is 0 Å². The van der Waals surface area contributed by atoms with Crippen LogP contribution in [0, 0.1) is 0 Å². The van der Waals surface area contributed by atoms with Gasteiger partial charge in [-0.05, 0) is 0 Å². The second-order valence-corrected chi connectivity index (χ2v) is 3.41. The molecule has 0 aliphatic carbocycles. The smallest absolute Gasteiger partial charge is 0.217 e. The van der Waals surface area contributed by atoms with Crippen LogP contribution in [0.4, 0.5) is 4.39 Å². The van der Waals surface area contributed by atoms with Gasteiger partial charge in [-0.15, -0.1) is 0 Å². The number of carbonyl (C=O) groups is 1. The Bertz CT molecular complexity index is 239. The van der Waals surface area contributed by atoms with E-state index in [0.29, 0.717) is 0 Å². The second-order valence-electron chi connectivity index (χ2n) is 3.41. The van der Waals surface area contributed by atoms with E-state index in [1.54, 1.807) is 0 Å². The van der Waals surface area contributed by atoms with Gasteiger partial charge >= 0.3 is 0 Å². The molecule has 0 bridgehead atoms. The van der Waals surface area contributed by atoms with Crippen LogP contribution in [-0.4, -0.2) is 58.5 Å². The Hall–Kier alpha value is -0.760. The normalized spacial score (nSPS) is 41.3. The maximum absolute atomic E-state index is 13.3. The molecule has 0 saturated carbocycles. The summed E-state index contributed by atoms with van der Waals surface area (Å²) in [7, 11) is 0. The van der Waals surface area contributed by atoms with Crippen LogP contribution >= 0.6 is 0 Å². The minimum atomic E-state index is -1.85. The summed E-state index contributed by atoms with van der Waals surface area (Å²) in [4.78, 5) is 10.7. The summed E-state index contributed by atoms with van der Waals surface area (Å²) in [6, 6.07) is -1.22. The Morgan fingerprint density at radius 1 is 1.53 bits per heavy atom. The van der Waals surface area contributed by atoms with Gasteiger partial charge in [0, 0.05) is 6.92 Å². The van der Waals surface area contributed by atoms with Crippen molar-refractivity contribution in [3.8, 4) is 0 Å². The molecule has 1 rings (SSSR count). The predicted molar refractivity (Wildman–Crippen MR) is 46.5 cm³/mol. The molecule has 88 valence electrons. The fraction of sp³-hybridized carbons (Fsp3) is 0.875. The number of alkyl halides is 1. The number of hydrogen-bond donors (Lipinski definition) is 4. The molecule has 0 spiro atoms. The van der Waals surface area contributed by atoms with Crippen LogP contribution in [0.25, 0.3) is 0 Å². The van der Waals surface area contributed by atoms with E-state index in [1.165, 1.54) is 6.92 Å². The Balaban J connectivity index is 2.70. The molecule has 0 aromatic heterocycles. The molecule has 7 heteroatoms.